The molecule has 10 rings (SSSR count). The molecule has 0 atom stereocenters. The van der Waals surface area contributed by atoms with Crippen LogP contribution in [0.15, 0.2) is 212 Å². The molecule has 0 aliphatic heterocycles. The first-order valence-electron chi connectivity index (χ1n) is 18.4. The number of hydrogen-bond donors (Lipinski definition) is 0. The van der Waals surface area contributed by atoms with Gasteiger partial charge in [-0.05, 0) is 116 Å². The van der Waals surface area contributed by atoms with Gasteiger partial charge in [-0.15, -0.1) is 11.3 Å². The Kier molecular flexibility index (Phi) is 8.09. The zero-order valence-corrected chi connectivity index (χ0v) is 30.4. The second-order valence-corrected chi connectivity index (χ2v) is 14.8. The van der Waals surface area contributed by atoms with E-state index in [0.29, 0.717) is 0 Å². The fraction of sp³-hybridized carbons (Fsp3) is 0. The minimum atomic E-state index is 1.11. The minimum absolute atomic E-state index is 1.11. The van der Waals surface area contributed by atoms with Gasteiger partial charge in [-0.25, -0.2) is 0 Å². The van der Waals surface area contributed by atoms with Crippen LogP contribution in [0.4, 0.5) is 17.1 Å². The van der Waals surface area contributed by atoms with E-state index in [-0.39, 0.29) is 0 Å². The van der Waals surface area contributed by atoms with Gasteiger partial charge >= 0.3 is 0 Å². The molecule has 0 fully saturated rings. The van der Waals surface area contributed by atoms with Gasteiger partial charge in [0.15, 0.2) is 0 Å². The van der Waals surface area contributed by atoms with Crippen LogP contribution >= 0.6 is 11.3 Å². The van der Waals surface area contributed by atoms with Crippen LogP contribution in [0.5, 0.6) is 0 Å². The number of rotatable bonds is 7. The van der Waals surface area contributed by atoms with Crippen LogP contribution in [0.2, 0.25) is 0 Å². The van der Waals surface area contributed by atoms with Crippen LogP contribution in [-0.2, 0) is 0 Å². The summed E-state index contributed by atoms with van der Waals surface area (Å²) in [5.74, 6) is 0. The van der Waals surface area contributed by atoms with Gasteiger partial charge in [0.1, 0.15) is 0 Å². The summed E-state index contributed by atoms with van der Waals surface area (Å²) in [6.45, 7) is 0. The summed E-state index contributed by atoms with van der Waals surface area (Å²) in [5.41, 5.74) is 13.0. The molecule has 2 heteroatoms. The van der Waals surface area contributed by atoms with Crippen LogP contribution in [0, 0.1) is 0 Å². The molecule has 10 aromatic rings. The zero-order valence-electron chi connectivity index (χ0n) is 29.6. The van der Waals surface area contributed by atoms with Crippen molar-refractivity contribution >= 4 is 59.3 Å². The lowest BCUT2D eigenvalue weighted by molar-refractivity contribution is 1.30. The Labute approximate surface area is 319 Å². The number of hydrogen-bond acceptors (Lipinski definition) is 2. The maximum atomic E-state index is 2.44. The lowest BCUT2D eigenvalue weighted by Crippen LogP contribution is -2.10. The smallest absolute Gasteiger partial charge is 0.0554 e. The third-order valence-corrected chi connectivity index (χ3v) is 11.6. The van der Waals surface area contributed by atoms with E-state index in [2.05, 4.69) is 217 Å². The van der Waals surface area contributed by atoms with Crippen molar-refractivity contribution in [2.45, 2.75) is 0 Å². The van der Waals surface area contributed by atoms with Crippen molar-refractivity contribution < 1.29 is 0 Å². The van der Waals surface area contributed by atoms with Gasteiger partial charge < -0.3 is 4.90 Å². The van der Waals surface area contributed by atoms with Crippen LogP contribution in [0.3, 0.4) is 0 Å². The summed E-state index contributed by atoms with van der Waals surface area (Å²) in [5, 5.41) is 5.06. The van der Waals surface area contributed by atoms with Crippen molar-refractivity contribution in [3.8, 4) is 44.5 Å². The lowest BCUT2D eigenvalue weighted by Gasteiger charge is -2.27. The van der Waals surface area contributed by atoms with Gasteiger partial charge in [-0.2, -0.15) is 0 Å². The van der Waals surface area contributed by atoms with E-state index in [1.807, 2.05) is 11.3 Å². The summed E-state index contributed by atoms with van der Waals surface area (Å²) in [4.78, 5) is 2.44. The van der Waals surface area contributed by atoms with Gasteiger partial charge in [-0.1, -0.05) is 152 Å². The van der Waals surface area contributed by atoms with Gasteiger partial charge in [0.05, 0.1) is 5.69 Å². The van der Waals surface area contributed by atoms with Crippen molar-refractivity contribution in [1.29, 1.82) is 0 Å². The molecule has 0 amide bonds. The molecule has 0 radical (unpaired) electrons. The monoisotopic (exact) mass is 705 g/mol. The molecular weight excluding hydrogens is 671 g/mol. The van der Waals surface area contributed by atoms with E-state index >= 15 is 0 Å². The van der Waals surface area contributed by atoms with Crippen LogP contribution < -0.4 is 4.90 Å². The Balaban J connectivity index is 1.14. The largest absolute Gasteiger partial charge is 0.310 e. The molecule has 54 heavy (non-hydrogen) atoms. The molecule has 1 heterocycles. The van der Waals surface area contributed by atoms with E-state index in [1.165, 1.54) is 81.1 Å². The summed E-state index contributed by atoms with van der Waals surface area (Å²) < 4.78 is 2.58. The van der Waals surface area contributed by atoms with Crippen molar-refractivity contribution in [2.75, 3.05) is 4.90 Å². The number of thiophene rings is 1. The molecule has 0 N–H and O–H groups in total. The third-order valence-electron chi connectivity index (χ3n) is 10.4. The lowest BCUT2D eigenvalue weighted by atomic mass is 9.93. The predicted molar refractivity (Wildman–Crippen MR) is 233 cm³/mol. The fourth-order valence-corrected chi connectivity index (χ4v) is 8.98. The van der Waals surface area contributed by atoms with Gasteiger partial charge in [0, 0.05) is 31.5 Å². The highest BCUT2D eigenvalue weighted by atomic mass is 32.1. The van der Waals surface area contributed by atoms with Crippen LogP contribution in [0.1, 0.15) is 0 Å². The number of nitrogens with zero attached hydrogens (tertiary/aromatic N) is 1. The molecule has 1 nitrogen and oxygen atoms in total. The topological polar surface area (TPSA) is 3.24 Å². The molecule has 0 unspecified atom stereocenters. The van der Waals surface area contributed by atoms with Crippen molar-refractivity contribution in [2.24, 2.45) is 0 Å². The first kappa shape index (κ1) is 32.0. The standard InChI is InChI=1S/C52H35NS/c1-3-14-36(15-4-1)41-32-42(37-16-5-2-6-17-37)34-43(33-41)38-28-30-44(31-29-38)53(49-25-13-27-51-52(49)48-23-9-10-26-50(48)54-51)45-21-11-20-40(35-45)47-24-12-19-39-18-7-8-22-46(39)47/h1-35H. The minimum Gasteiger partial charge on any atom is -0.310 e. The van der Waals surface area contributed by atoms with E-state index in [4.69, 9.17) is 0 Å². The normalized spacial score (nSPS) is 11.3. The molecule has 0 aliphatic rings. The maximum Gasteiger partial charge on any atom is 0.0554 e. The predicted octanol–water partition coefficient (Wildman–Crippen LogP) is 15.3. The van der Waals surface area contributed by atoms with Gasteiger partial charge in [0.25, 0.3) is 0 Å². The Hall–Kier alpha value is -6.74. The number of anilines is 3. The van der Waals surface area contributed by atoms with Gasteiger partial charge in [-0.3, -0.25) is 0 Å². The number of fused-ring (bicyclic) bond motifs is 4. The van der Waals surface area contributed by atoms with Crippen LogP contribution in [-0.4, -0.2) is 0 Å². The quantitative estimate of drug-likeness (QED) is 0.160. The van der Waals surface area contributed by atoms with E-state index in [1.54, 1.807) is 0 Å². The highest BCUT2D eigenvalue weighted by Crippen LogP contribution is 2.46. The summed E-state index contributed by atoms with van der Waals surface area (Å²) in [6, 6.07) is 77.2. The Bertz CT molecular complexity index is 2860. The average Bonchev–Trinajstić information content (AvgIpc) is 3.64. The van der Waals surface area contributed by atoms with Crippen molar-refractivity contribution in [1.82, 2.24) is 0 Å². The van der Waals surface area contributed by atoms with Crippen molar-refractivity contribution in [3.63, 3.8) is 0 Å². The zero-order chi connectivity index (χ0) is 35.8. The second-order valence-electron chi connectivity index (χ2n) is 13.7. The molecule has 0 spiro atoms. The number of benzene rings is 9. The third kappa shape index (κ3) is 5.84. The Morgan fingerprint density at radius 2 is 0.852 bits per heavy atom. The van der Waals surface area contributed by atoms with Gasteiger partial charge in [0.2, 0.25) is 0 Å². The summed E-state index contributed by atoms with van der Waals surface area (Å²) in [7, 11) is 0. The molecule has 1 aromatic heterocycles. The van der Waals surface area contributed by atoms with E-state index in [0.717, 1.165) is 11.4 Å². The molecule has 254 valence electrons. The molecule has 0 aliphatic carbocycles. The van der Waals surface area contributed by atoms with E-state index in [9.17, 15) is 0 Å². The molecule has 0 bridgehead atoms. The van der Waals surface area contributed by atoms with Crippen molar-refractivity contribution in [3.05, 3.63) is 212 Å². The first-order chi connectivity index (χ1) is 26.8. The average molecular weight is 706 g/mol. The molecule has 0 saturated carbocycles. The van der Waals surface area contributed by atoms with Crippen LogP contribution in [0.25, 0.3) is 75.5 Å². The highest BCUT2D eigenvalue weighted by Gasteiger charge is 2.19. The maximum absolute atomic E-state index is 2.44. The fourth-order valence-electron chi connectivity index (χ4n) is 7.85. The molecule has 9 aromatic carbocycles. The SMILES string of the molecule is c1ccc(-c2cc(-c3ccccc3)cc(-c3ccc(N(c4cccc(-c5cccc6ccccc56)c4)c4cccc5sc6ccccc6c45)cc3)c2)cc1. The van der Waals surface area contributed by atoms with E-state index < -0.39 is 0 Å². The summed E-state index contributed by atoms with van der Waals surface area (Å²) in [6.07, 6.45) is 0. The highest BCUT2D eigenvalue weighted by molar-refractivity contribution is 7.26. The Morgan fingerprint density at radius 3 is 1.57 bits per heavy atom. The first-order valence-corrected chi connectivity index (χ1v) is 19.2. The second kappa shape index (κ2) is 13.7. The molecule has 0 saturated heterocycles. The Morgan fingerprint density at radius 1 is 0.315 bits per heavy atom. The molecular formula is C52H35NS. The summed E-state index contributed by atoms with van der Waals surface area (Å²) >= 11 is 1.86.